The molecule has 1 heterocycles. The lowest BCUT2D eigenvalue weighted by Crippen LogP contribution is -2.36. The normalized spacial score (nSPS) is 13.4. The van der Waals surface area contributed by atoms with Crippen LogP contribution in [0.3, 0.4) is 0 Å². The highest BCUT2D eigenvalue weighted by molar-refractivity contribution is 6.10. The molecule has 146 valence electrons. The van der Waals surface area contributed by atoms with Gasteiger partial charge >= 0.3 is 0 Å². The van der Waals surface area contributed by atoms with Crippen LogP contribution in [0.15, 0.2) is 55.1 Å². The largest absolute Gasteiger partial charge is 0.350 e. The molecule has 0 saturated heterocycles. The summed E-state index contributed by atoms with van der Waals surface area (Å²) in [4.78, 5) is 28.7. The fourth-order valence-corrected chi connectivity index (χ4v) is 3.23. The predicted molar refractivity (Wildman–Crippen MR) is 111 cm³/mol. The monoisotopic (exact) mass is 377 g/mol. The fraction of sp³-hybridized carbons (Fsp3) is 0.304. The zero-order valence-electron chi connectivity index (χ0n) is 16.7. The molecule has 0 aliphatic carbocycles. The lowest BCUT2D eigenvalue weighted by molar-refractivity contribution is -0.121. The summed E-state index contributed by atoms with van der Waals surface area (Å²) in [7, 11) is 2.09. The first-order chi connectivity index (χ1) is 13.4. The van der Waals surface area contributed by atoms with Crippen molar-refractivity contribution in [1.82, 2.24) is 15.1 Å². The van der Waals surface area contributed by atoms with Crippen molar-refractivity contribution in [2.75, 3.05) is 13.6 Å². The summed E-state index contributed by atoms with van der Waals surface area (Å²) < 4.78 is 0. The van der Waals surface area contributed by atoms with Crippen molar-refractivity contribution in [3.05, 3.63) is 77.4 Å². The number of hydrogen-bond donors (Lipinski definition) is 1. The minimum absolute atomic E-state index is 0.0274. The fourth-order valence-electron chi connectivity index (χ4n) is 3.23. The Morgan fingerprint density at radius 1 is 1.07 bits per heavy atom. The van der Waals surface area contributed by atoms with Gasteiger partial charge in [-0.3, -0.25) is 19.4 Å². The topological polar surface area (TPSA) is 52.7 Å². The molecule has 5 heteroatoms. The first-order valence-electron chi connectivity index (χ1n) is 9.52. The van der Waals surface area contributed by atoms with Gasteiger partial charge in [0.25, 0.3) is 5.91 Å². The highest BCUT2D eigenvalue weighted by Gasteiger charge is 2.31. The molecule has 2 aromatic rings. The number of amides is 2. The third-order valence-corrected chi connectivity index (χ3v) is 5.24. The highest BCUT2D eigenvalue weighted by atomic mass is 16.2. The van der Waals surface area contributed by atoms with Crippen LogP contribution in [0.5, 0.6) is 0 Å². The average molecular weight is 377 g/mol. The molecule has 0 aromatic heterocycles. The number of carbonyl (C=O) groups is 2. The summed E-state index contributed by atoms with van der Waals surface area (Å²) in [5.41, 5.74) is 4.24. The van der Waals surface area contributed by atoms with E-state index in [-0.39, 0.29) is 18.4 Å². The lowest BCUT2D eigenvalue weighted by Gasteiger charge is -2.23. The first-order valence-corrected chi connectivity index (χ1v) is 9.52. The molecule has 28 heavy (non-hydrogen) atoms. The highest BCUT2D eigenvalue weighted by Crippen LogP contribution is 2.30. The molecule has 1 aliphatic rings. The maximum absolute atomic E-state index is 12.5. The third kappa shape index (κ3) is 4.15. The van der Waals surface area contributed by atoms with E-state index in [1.165, 1.54) is 10.5 Å². The number of rotatable bonds is 7. The maximum atomic E-state index is 12.5. The van der Waals surface area contributed by atoms with Crippen LogP contribution in [0.4, 0.5) is 0 Å². The molecule has 0 bridgehead atoms. The molecule has 5 nitrogen and oxygen atoms in total. The van der Waals surface area contributed by atoms with Gasteiger partial charge in [0.15, 0.2) is 0 Å². The van der Waals surface area contributed by atoms with Crippen molar-refractivity contribution >= 4 is 17.5 Å². The van der Waals surface area contributed by atoms with E-state index in [0.29, 0.717) is 23.8 Å². The van der Waals surface area contributed by atoms with E-state index in [9.17, 15) is 9.59 Å². The standard InChI is InChI=1S/C23H27N3O2/c1-16(2)25(4)14-19-10-6-5-9-18(19)13-24-22(27)15-26-17(3)20-11-7-8-12-21(20)23(26)28/h5-12,16H,3,13-15H2,1-2,4H3,(H,24,27). The molecular weight excluding hydrogens is 350 g/mol. The van der Waals surface area contributed by atoms with Gasteiger partial charge in [-0.15, -0.1) is 0 Å². The number of nitrogens with zero attached hydrogens (tertiary/aromatic N) is 2. The molecule has 0 fully saturated rings. The van der Waals surface area contributed by atoms with Crippen molar-refractivity contribution in [3.63, 3.8) is 0 Å². The second kappa shape index (κ2) is 8.40. The van der Waals surface area contributed by atoms with Gasteiger partial charge in [-0.05, 0) is 38.1 Å². The van der Waals surface area contributed by atoms with Gasteiger partial charge in [0.2, 0.25) is 5.91 Å². The lowest BCUT2D eigenvalue weighted by atomic mass is 10.1. The number of nitrogens with one attached hydrogen (secondary N) is 1. The Bertz CT molecular complexity index is 869. The smallest absolute Gasteiger partial charge is 0.259 e. The summed E-state index contributed by atoms with van der Waals surface area (Å²) in [5, 5.41) is 2.94. The SMILES string of the molecule is C=C1c2ccccc2C(=O)N1CC(=O)NCc1ccccc1CN(C)C(C)C. The van der Waals surface area contributed by atoms with Crippen molar-refractivity contribution in [2.24, 2.45) is 0 Å². The van der Waals surface area contributed by atoms with E-state index < -0.39 is 0 Å². The Labute approximate surface area is 166 Å². The first kappa shape index (κ1) is 19.8. The van der Waals surface area contributed by atoms with Crippen molar-refractivity contribution in [3.8, 4) is 0 Å². The van der Waals surface area contributed by atoms with E-state index in [1.54, 1.807) is 6.07 Å². The van der Waals surface area contributed by atoms with Gasteiger partial charge in [-0.2, -0.15) is 0 Å². The second-order valence-corrected chi connectivity index (χ2v) is 7.44. The Morgan fingerprint density at radius 3 is 2.32 bits per heavy atom. The zero-order valence-corrected chi connectivity index (χ0v) is 16.7. The van der Waals surface area contributed by atoms with Gasteiger partial charge in [-0.25, -0.2) is 0 Å². The predicted octanol–water partition coefficient (Wildman–Crippen LogP) is 3.27. The van der Waals surface area contributed by atoms with Crippen molar-refractivity contribution < 1.29 is 9.59 Å². The van der Waals surface area contributed by atoms with Gasteiger partial charge in [-0.1, -0.05) is 49.0 Å². The molecule has 0 unspecified atom stereocenters. The third-order valence-electron chi connectivity index (χ3n) is 5.24. The summed E-state index contributed by atoms with van der Waals surface area (Å²) in [6, 6.07) is 15.8. The number of benzene rings is 2. The molecule has 1 N–H and O–H groups in total. The van der Waals surface area contributed by atoms with Crippen LogP contribution >= 0.6 is 0 Å². The Hall–Kier alpha value is -2.92. The summed E-state index contributed by atoms with van der Waals surface area (Å²) in [6.45, 7) is 9.52. The number of fused-ring (bicyclic) bond motifs is 1. The van der Waals surface area contributed by atoms with E-state index >= 15 is 0 Å². The van der Waals surface area contributed by atoms with Crippen LogP contribution < -0.4 is 5.32 Å². The van der Waals surface area contributed by atoms with Crippen molar-refractivity contribution in [1.29, 1.82) is 0 Å². The maximum Gasteiger partial charge on any atom is 0.259 e. The van der Waals surface area contributed by atoms with Gasteiger partial charge in [0, 0.05) is 36.0 Å². The van der Waals surface area contributed by atoms with Crippen molar-refractivity contribution in [2.45, 2.75) is 33.0 Å². The Morgan fingerprint density at radius 2 is 1.68 bits per heavy atom. The van der Waals surface area contributed by atoms with Gasteiger partial charge < -0.3 is 5.32 Å². The summed E-state index contributed by atoms with van der Waals surface area (Å²) in [6.07, 6.45) is 0. The molecule has 1 aliphatic heterocycles. The van der Waals surface area contributed by atoms with Gasteiger partial charge in [0.1, 0.15) is 6.54 Å². The summed E-state index contributed by atoms with van der Waals surface area (Å²) >= 11 is 0. The Balaban J connectivity index is 1.62. The second-order valence-electron chi connectivity index (χ2n) is 7.44. The molecule has 2 amide bonds. The molecule has 0 spiro atoms. The van der Waals surface area contributed by atoms with Crippen LogP contribution in [0.1, 0.15) is 40.9 Å². The number of hydrogen-bond acceptors (Lipinski definition) is 3. The minimum Gasteiger partial charge on any atom is -0.350 e. The quantitative estimate of drug-likeness (QED) is 0.806. The molecule has 3 rings (SSSR count). The summed E-state index contributed by atoms with van der Waals surface area (Å²) in [5.74, 6) is -0.371. The van der Waals surface area contributed by atoms with E-state index in [2.05, 4.69) is 43.8 Å². The molecule has 0 atom stereocenters. The van der Waals surface area contributed by atoms with Crippen LogP contribution in [0.2, 0.25) is 0 Å². The van der Waals surface area contributed by atoms with Gasteiger partial charge in [0.05, 0.1) is 0 Å². The van der Waals surface area contributed by atoms with Crippen LogP contribution in [-0.2, 0) is 17.9 Å². The van der Waals surface area contributed by atoms with Crippen LogP contribution in [-0.4, -0.2) is 41.2 Å². The molecule has 0 radical (unpaired) electrons. The Kier molecular flexibility index (Phi) is 5.95. The van der Waals surface area contributed by atoms with Crippen LogP contribution in [0.25, 0.3) is 5.70 Å². The van der Waals surface area contributed by atoms with E-state index in [4.69, 9.17) is 0 Å². The minimum atomic E-state index is -0.200. The van der Waals surface area contributed by atoms with E-state index in [0.717, 1.165) is 17.7 Å². The average Bonchev–Trinajstić information content (AvgIpc) is 2.92. The zero-order chi connectivity index (χ0) is 20.3. The van der Waals surface area contributed by atoms with Crippen LogP contribution in [0, 0.1) is 0 Å². The van der Waals surface area contributed by atoms with E-state index in [1.807, 2.05) is 36.4 Å². The molecule has 2 aromatic carbocycles. The molecular formula is C23H27N3O2. The number of carbonyl (C=O) groups excluding carboxylic acids is 2. The molecule has 0 saturated carbocycles.